The Morgan fingerprint density at radius 2 is 2.06 bits per heavy atom. The molecule has 3 heteroatoms. The van der Waals surface area contributed by atoms with Gasteiger partial charge >= 0.3 is 0 Å². The molecule has 1 aliphatic rings. The zero-order valence-electron chi connectivity index (χ0n) is 10.0. The van der Waals surface area contributed by atoms with Crippen molar-refractivity contribution in [1.29, 1.82) is 0 Å². The van der Waals surface area contributed by atoms with Crippen LogP contribution in [0.1, 0.15) is 44.1 Å². The van der Waals surface area contributed by atoms with Crippen molar-refractivity contribution in [2.24, 2.45) is 0 Å². The molecule has 0 aliphatic heterocycles. The van der Waals surface area contributed by atoms with Crippen LogP contribution in [-0.2, 0) is 4.79 Å². The lowest BCUT2D eigenvalue weighted by molar-refractivity contribution is -0.120. The lowest BCUT2D eigenvalue weighted by Crippen LogP contribution is -2.12. The van der Waals surface area contributed by atoms with Crippen LogP contribution < -0.4 is 4.74 Å². The molecule has 0 heterocycles. The topological polar surface area (TPSA) is 26.3 Å². The molecule has 1 aliphatic carbocycles. The zero-order valence-corrected chi connectivity index (χ0v) is 10.0. The summed E-state index contributed by atoms with van der Waals surface area (Å²) >= 11 is 0. The Balaban J connectivity index is 2.11. The summed E-state index contributed by atoms with van der Waals surface area (Å²) < 4.78 is 18.8. The molecule has 0 aromatic heterocycles. The van der Waals surface area contributed by atoms with E-state index in [0.29, 0.717) is 36.9 Å². The number of carbonyl (C=O) groups is 1. The van der Waals surface area contributed by atoms with Crippen LogP contribution >= 0.6 is 0 Å². The average Bonchev–Trinajstić information content (AvgIpc) is 2.33. The van der Waals surface area contributed by atoms with Gasteiger partial charge in [0.2, 0.25) is 0 Å². The second kappa shape index (κ2) is 5.30. The van der Waals surface area contributed by atoms with E-state index in [-0.39, 0.29) is 5.82 Å². The van der Waals surface area contributed by atoms with Gasteiger partial charge in [0.1, 0.15) is 5.78 Å². The minimum atomic E-state index is -0.304. The predicted octanol–water partition coefficient (Wildman–Crippen LogP) is 3.45. The third kappa shape index (κ3) is 2.84. The number of hydrogen-bond donors (Lipinski definition) is 0. The van der Waals surface area contributed by atoms with Gasteiger partial charge in [0.25, 0.3) is 0 Å². The molecular weight excluding hydrogens is 219 g/mol. The number of ketones is 1. The Morgan fingerprint density at radius 3 is 2.65 bits per heavy atom. The summed E-state index contributed by atoms with van der Waals surface area (Å²) in [5, 5.41) is 0. The maximum absolute atomic E-state index is 13.7. The SMILES string of the molecule is CCOc1ccc(C2CCC(=O)CC2)cc1F. The lowest BCUT2D eigenvalue weighted by Gasteiger charge is -2.21. The van der Waals surface area contributed by atoms with Crippen molar-refractivity contribution in [2.45, 2.75) is 38.5 Å². The van der Waals surface area contributed by atoms with Gasteiger partial charge < -0.3 is 4.74 Å². The number of rotatable bonds is 3. The first-order valence-corrected chi connectivity index (χ1v) is 6.14. The Kier molecular flexibility index (Phi) is 3.77. The Morgan fingerprint density at radius 1 is 1.35 bits per heavy atom. The summed E-state index contributed by atoms with van der Waals surface area (Å²) in [5.41, 5.74) is 0.985. The quantitative estimate of drug-likeness (QED) is 0.803. The average molecular weight is 236 g/mol. The first-order chi connectivity index (χ1) is 8.20. The molecule has 0 saturated heterocycles. The van der Waals surface area contributed by atoms with E-state index >= 15 is 0 Å². The van der Waals surface area contributed by atoms with Gasteiger partial charge in [0, 0.05) is 12.8 Å². The molecule has 1 aromatic rings. The van der Waals surface area contributed by atoms with Gasteiger partial charge in [-0.2, -0.15) is 0 Å². The van der Waals surface area contributed by atoms with Crippen molar-refractivity contribution in [3.63, 3.8) is 0 Å². The van der Waals surface area contributed by atoms with Gasteiger partial charge in [-0.1, -0.05) is 6.07 Å². The van der Waals surface area contributed by atoms with Crippen LogP contribution in [0.5, 0.6) is 5.75 Å². The maximum atomic E-state index is 13.7. The normalized spacial score (nSPS) is 17.2. The molecule has 17 heavy (non-hydrogen) atoms. The van der Waals surface area contributed by atoms with Gasteiger partial charge in [-0.15, -0.1) is 0 Å². The van der Waals surface area contributed by atoms with Gasteiger partial charge in [0.15, 0.2) is 11.6 Å². The summed E-state index contributed by atoms with van der Waals surface area (Å²) in [4.78, 5) is 11.2. The predicted molar refractivity (Wildman–Crippen MR) is 63.8 cm³/mol. The van der Waals surface area contributed by atoms with E-state index in [1.54, 1.807) is 12.1 Å². The Bertz CT molecular complexity index is 405. The Hall–Kier alpha value is -1.38. The van der Waals surface area contributed by atoms with E-state index in [1.807, 2.05) is 13.0 Å². The van der Waals surface area contributed by atoms with E-state index in [4.69, 9.17) is 4.74 Å². The fourth-order valence-electron chi connectivity index (χ4n) is 2.32. The number of Topliss-reactive ketones (excluding diaryl/α,β-unsaturated/α-hetero) is 1. The molecule has 0 spiro atoms. The third-order valence-electron chi connectivity index (χ3n) is 3.27. The van der Waals surface area contributed by atoms with Crippen LogP contribution in [0.25, 0.3) is 0 Å². The molecule has 0 atom stereocenters. The highest BCUT2D eigenvalue weighted by Crippen LogP contribution is 2.33. The standard InChI is InChI=1S/C14H17FO2/c1-2-17-14-8-5-11(9-13(14)15)10-3-6-12(16)7-4-10/h5,8-10H,2-4,6-7H2,1H3. The molecule has 0 amide bonds. The third-order valence-corrected chi connectivity index (χ3v) is 3.27. The molecule has 1 saturated carbocycles. The molecule has 2 rings (SSSR count). The second-order valence-electron chi connectivity index (χ2n) is 4.44. The van der Waals surface area contributed by atoms with Crippen LogP contribution in [0.2, 0.25) is 0 Å². The highest BCUT2D eigenvalue weighted by atomic mass is 19.1. The summed E-state index contributed by atoms with van der Waals surface area (Å²) in [7, 11) is 0. The molecule has 0 N–H and O–H groups in total. The summed E-state index contributed by atoms with van der Waals surface area (Å²) in [5.74, 6) is 0.648. The number of halogens is 1. The number of benzene rings is 1. The van der Waals surface area contributed by atoms with Crippen LogP contribution in [-0.4, -0.2) is 12.4 Å². The van der Waals surface area contributed by atoms with Crippen LogP contribution in [0.3, 0.4) is 0 Å². The monoisotopic (exact) mass is 236 g/mol. The molecule has 1 aromatic carbocycles. The second-order valence-corrected chi connectivity index (χ2v) is 4.44. The minimum absolute atomic E-state index is 0.304. The molecule has 92 valence electrons. The summed E-state index contributed by atoms with van der Waals surface area (Å²) in [6, 6.07) is 5.14. The van der Waals surface area contributed by atoms with E-state index in [9.17, 15) is 9.18 Å². The molecule has 1 fully saturated rings. The first-order valence-electron chi connectivity index (χ1n) is 6.14. The van der Waals surface area contributed by atoms with Crippen molar-refractivity contribution < 1.29 is 13.9 Å². The van der Waals surface area contributed by atoms with E-state index in [1.165, 1.54) is 0 Å². The van der Waals surface area contributed by atoms with Crippen LogP contribution in [0.15, 0.2) is 18.2 Å². The number of carbonyl (C=O) groups excluding carboxylic acids is 1. The van der Waals surface area contributed by atoms with E-state index in [0.717, 1.165) is 18.4 Å². The number of hydrogen-bond acceptors (Lipinski definition) is 2. The fraction of sp³-hybridized carbons (Fsp3) is 0.500. The van der Waals surface area contributed by atoms with Crippen molar-refractivity contribution in [3.05, 3.63) is 29.6 Å². The van der Waals surface area contributed by atoms with Gasteiger partial charge in [-0.3, -0.25) is 4.79 Å². The highest BCUT2D eigenvalue weighted by Gasteiger charge is 2.21. The minimum Gasteiger partial charge on any atom is -0.491 e. The highest BCUT2D eigenvalue weighted by molar-refractivity contribution is 5.79. The number of ether oxygens (including phenoxy) is 1. The molecule has 2 nitrogen and oxygen atoms in total. The molecule has 0 bridgehead atoms. The fourth-order valence-corrected chi connectivity index (χ4v) is 2.32. The van der Waals surface area contributed by atoms with Gasteiger partial charge in [-0.05, 0) is 43.4 Å². The van der Waals surface area contributed by atoms with E-state index < -0.39 is 0 Å². The first kappa shape index (κ1) is 12.1. The summed E-state index contributed by atoms with van der Waals surface area (Å²) in [6.07, 6.45) is 2.93. The molecule has 0 unspecified atom stereocenters. The van der Waals surface area contributed by atoms with Crippen molar-refractivity contribution >= 4 is 5.78 Å². The van der Waals surface area contributed by atoms with Gasteiger partial charge in [0.05, 0.1) is 6.61 Å². The van der Waals surface area contributed by atoms with Crippen molar-refractivity contribution in [1.82, 2.24) is 0 Å². The largest absolute Gasteiger partial charge is 0.491 e. The van der Waals surface area contributed by atoms with Crippen molar-refractivity contribution in [2.75, 3.05) is 6.61 Å². The van der Waals surface area contributed by atoms with Gasteiger partial charge in [-0.25, -0.2) is 4.39 Å². The lowest BCUT2D eigenvalue weighted by atomic mass is 9.83. The van der Waals surface area contributed by atoms with E-state index in [2.05, 4.69) is 0 Å². The summed E-state index contributed by atoms with van der Waals surface area (Å²) in [6.45, 7) is 2.30. The molecule has 0 radical (unpaired) electrons. The zero-order chi connectivity index (χ0) is 12.3. The smallest absolute Gasteiger partial charge is 0.165 e. The van der Waals surface area contributed by atoms with Crippen molar-refractivity contribution in [3.8, 4) is 5.75 Å². The Labute approximate surface area is 101 Å². The molecular formula is C14H17FO2. The van der Waals surface area contributed by atoms with Crippen LogP contribution in [0.4, 0.5) is 4.39 Å². The maximum Gasteiger partial charge on any atom is 0.165 e. The van der Waals surface area contributed by atoms with Crippen LogP contribution in [0, 0.1) is 5.82 Å².